The summed E-state index contributed by atoms with van der Waals surface area (Å²) in [7, 11) is 0. The van der Waals surface area contributed by atoms with E-state index in [1.807, 2.05) is 50.2 Å². The number of rotatable bonds is 8. The molecule has 1 aliphatic carbocycles. The van der Waals surface area contributed by atoms with E-state index < -0.39 is 36.1 Å². The lowest BCUT2D eigenvalue weighted by Crippen LogP contribution is -2.58. The summed E-state index contributed by atoms with van der Waals surface area (Å²) in [4.78, 5) is 38.9. The third kappa shape index (κ3) is 5.41. The number of hydrogen-bond donors (Lipinski definition) is 2. The molecule has 182 valence electrons. The van der Waals surface area contributed by atoms with Crippen molar-refractivity contribution in [2.75, 3.05) is 13.2 Å². The van der Waals surface area contributed by atoms with Crippen molar-refractivity contribution in [3.63, 3.8) is 0 Å². The zero-order valence-corrected chi connectivity index (χ0v) is 20.5. The Hall–Kier alpha value is -3.35. The second kappa shape index (κ2) is 10.3. The van der Waals surface area contributed by atoms with Crippen LogP contribution in [0.2, 0.25) is 0 Å². The van der Waals surface area contributed by atoms with Gasteiger partial charge in [-0.05, 0) is 48.9 Å². The molecule has 0 aromatic heterocycles. The maximum atomic E-state index is 13.3. The zero-order valence-electron chi connectivity index (χ0n) is 20.5. The SMILES string of the molecule is CCC(C)[C@H](NC(=O)OCC1c2ccccc2-c2ccccc21)C(=O)N(CC(=O)O)C(C)(C)C. The molecule has 2 aromatic rings. The van der Waals surface area contributed by atoms with E-state index in [-0.39, 0.29) is 18.4 Å². The van der Waals surface area contributed by atoms with Crippen molar-refractivity contribution in [2.24, 2.45) is 5.92 Å². The Bertz CT molecular complexity index is 1010. The van der Waals surface area contributed by atoms with Crippen LogP contribution >= 0.6 is 0 Å². The van der Waals surface area contributed by atoms with E-state index in [4.69, 9.17) is 4.74 Å². The Labute approximate surface area is 201 Å². The fraction of sp³-hybridized carbons (Fsp3) is 0.444. The number of aliphatic carboxylic acids is 1. The van der Waals surface area contributed by atoms with Crippen molar-refractivity contribution in [3.8, 4) is 11.1 Å². The summed E-state index contributed by atoms with van der Waals surface area (Å²) in [5.41, 5.74) is 3.76. The highest BCUT2D eigenvalue weighted by Crippen LogP contribution is 2.44. The van der Waals surface area contributed by atoms with Crippen LogP contribution in [0.25, 0.3) is 11.1 Å². The van der Waals surface area contributed by atoms with Crippen LogP contribution < -0.4 is 5.32 Å². The molecule has 34 heavy (non-hydrogen) atoms. The molecule has 0 aliphatic heterocycles. The summed E-state index contributed by atoms with van der Waals surface area (Å²) in [5, 5.41) is 12.0. The summed E-state index contributed by atoms with van der Waals surface area (Å²) in [5.74, 6) is -1.83. The maximum Gasteiger partial charge on any atom is 0.407 e. The number of ether oxygens (including phenoxy) is 1. The number of fused-ring (bicyclic) bond motifs is 3. The number of benzene rings is 2. The first-order valence-corrected chi connectivity index (χ1v) is 11.7. The van der Waals surface area contributed by atoms with Gasteiger partial charge < -0.3 is 20.1 Å². The predicted octanol–water partition coefficient (Wildman–Crippen LogP) is 4.65. The van der Waals surface area contributed by atoms with Crippen LogP contribution in [0.5, 0.6) is 0 Å². The number of carbonyl (C=O) groups is 3. The second-order valence-electron chi connectivity index (χ2n) is 9.82. The molecule has 2 aromatic carbocycles. The summed E-state index contributed by atoms with van der Waals surface area (Å²) in [6, 6.07) is 15.2. The molecule has 0 radical (unpaired) electrons. The van der Waals surface area contributed by atoms with Crippen molar-refractivity contribution < 1.29 is 24.2 Å². The minimum absolute atomic E-state index is 0.0889. The molecule has 7 heteroatoms. The predicted molar refractivity (Wildman–Crippen MR) is 131 cm³/mol. The number of carboxylic acid groups (broad SMARTS) is 1. The van der Waals surface area contributed by atoms with Gasteiger partial charge in [0.2, 0.25) is 5.91 Å². The number of amides is 2. The van der Waals surface area contributed by atoms with Gasteiger partial charge >= 0.3 is 12.1 Å². The largest absolute Gasteiger partial charge is 0.480 e. The lowest BCUT2D eigenvalue weighted by atomic mass is 9.95. The van der Waals surface area contributed by atoms with Crippen LogP contribution in [0, 0.1) is 5.92 Å². The molecule has 0 heterocycles. The molecule has 0 fully saturated rings. The maximum absolute atomic E-state index is 13.3. The molecule has 1 unspecified atom stereocenters. The van der Waals surface area contributed by atoms with Crippen LogP contribution in [0.4, 0.5) is 4.79 Å². The zero-order chi connectivity index (χ0) is 25.0. The highest BCUT2D eigenvalue weighted by Gasteiger charge is 2.37. The van der Waals surface area contributed by atoms with E-state index >= 15 is 0 Å². The quantitative estimate of drug-likeness (QED) is 0.590. The van der Waals surface area contributed by atoms with Gasteiger partial charge in [0.05, 0.1) is 0 Å². The number of nitrogens with one attached hydrogen (secondary N) is 1. The van der Waals surface area contributed by atoms with Gasteiger partial charge in [-0.1, -0.05) is 68.8 Å². The normalized spacial score (nSPS) is 14.5. The molecule has 0 bridgehead atoms. The Morgan fingerprint density at radius 1 is 1.03 bits per heavy atom. The van der Waals surface area contributed by atoms with E-state index in [9.17, 15) is 19.5 Å². The molecular weight excluding hydrogens is 432 g/mol. The number of nitrogens with zero attached hydrogens (tertiary/aromatic N) is 1. The van der Waals surface area contributed by atoms with E-state index in [1.54, 1.807) is 20.8 Å². The fourth-order valence-corrected chi connectivity index (χ4v) is 4.40. The van der Waals surface area contributed by atoms with Gasteiger partial charge in [-0.2, -0.15) is 0 Å². The average Bonchev–Trinajstić information content (AvgIpc) is 3.11. The van der Waals surface area contributed by atoms with Crippen molar-refractivity contribution >= 4 is 18.0 Å². The molecule has 3 rings (SSSR count). The molecule has 1 aliphatic rings. The third-order valence-corrected chi connectivity index (χ3v) is 6.47. The molecule has 2 N–H and O–H groups in total. The Balaban J connectivity index is 1.75. The van der Waals surface area contributed by atoms with E-state index in [0.29, 0.717) is 6.42 Å². The van der Waals surface area contributed by atoms with E-state index in [1.165, 1.54) is 4.90 Å². The van der Waals surface area contributed by atoms with Crippen LogP contribution in [0.1, 0.15) is 58.1 Å². The summed E-state index contributed by atoms with van der Waals surface area (Å²) >= 11 is 0. The van der Waals surface area contributed by atoms with Crippen LogP contribution in [0.3, 0.4) is 0 Å². The highest BCUT2D eigenvalue weighted by atomic mass is 16.5. The first kappa shape index (κ1) is 25.3. The van der Waals surface area contributed by atoms with Gasteiger partial charge in [0, 0.05) is 11.5 Å². The molecule has 0 saturated heterocycles. The molecule has 7 nitrogen and oxygen atoms in total. The van der Waals surface area contributed by atoms with Crippen molar-refractivity contribution in [1.82, 2.24) is 10.2 Å². The van der Waals surface area contributed by atoms with Gasteiger partial charge in [-0.25, -0.2) is 4.79 Å². The van der Waals surface area contributed by atoms with Crippen molar-refractivity contribution in [3.05, 3.63) is 59.7 Å². The van der Waals surface area contributed by atoms with E-state index in [2.05, 4.69) is 17.4 Å². The molecule has 0 saturated carbocycles. The average molecular weight is 467 g/mol. The first-order chi connectivity index (χ1) is 16.0. The topological polar surface area (TPSA) is 95.9 Å². The third-order valence-electron chi connectivity index (χ3n) is 6.47. The van der Waals surface area contributed by atoms with Crippen LogP contribution in [-0.4, -0.2) is 52.7 Å². The van der Waals surface area contributed by atoms with Crippen molar-refractivity contribution in [1.29, 1.82) is 0 Å². The van der Waals surface area contributed by atoms with Crippen molar-refractivity contribution in [2.45, 2.75) is 58.5 Å². The van der Waals surface area contributed by atoms with Gasteiger partial charge in [0.1, 0.15) is 19.2 Å². The lowest BCUT2D eigenvalue weighted by Gasteiger charge is -2.38. The van der Waals surface area contributed by atoms with Crippen LogP contribution in [0.15, 0.2) is 48.5 Å². The lowest BCUT2D eigenvalue weighted by molar-refractivity contribution is -0.150. The Kier molecular flexibility index (Phi) is 7.64. The smallest absolute Gasteiger partial charge is 0.407 e. The van der Waals surface area contributed by atoms with E-state index in [0.717, 1.165) is 22.3 Å². The number of hydrogen-bond acceptors (Lipinski definition) is 4. The number of carbonyl (C=O) groups excluding carboxylic acids is 2. The second-order valence-corrected chi connectivity index (χ2v) is 9.82. The monoisotopic (exact) mass is 466 g/mol. The highest BCUT2D eigenvalue weighted by molar-refractivity contribution is 5.89. The van der Waals surface area contributed by atoms with Gasteiger partial charge in [-0.15, -0.1) is 0 Å². The Morgan fingerprint density at radius 3 is 2.03 bits per heavy atom. The first-order valence-electron chi connectivity index (χ1n) is 11.7. The number of alkyl carbamates (subject to hydrolysis) is 1. The summed E-state index contributed by atoms with van der Waals surface area (Å²) in [6.07, 6.45) is -0.0600. The minimum Gasteiger partial charge on any atom is -0.480 e. The molecule has 2 amide bonds. The van der Waals surface area contributed by atoms with Gasteiger partial charge in [0.15, 0.2) is 0 Å². The van der Waals surface area contributed by atoms with Crippen LogP contribution in [-0.2, 0) is 14.3 Å². The van der Waals surface area contributed by atoms with Gasteiger partial charge in [0.25, 0.3) is 0 Å². The summed E-state index contributed by atoms with van der Waals surface area (Å²) in [6.45, 7) is 8.79. The van der Waals surface area contributed by atoms with Gasteiger partial charge in [-0.3, -0.25) is 9.59 Å². The number of carboxylic acids is 1. The summed E-state index contributed by atoms with van der Waals surface area (Å²) < 4.78 is 5.62. The fourth-order valence-electron chi connectivity index (χ4n) is 4.40. The Morgan fingerprint density at radius 2 is 1.56 bits per heavy atom. The standard InChI is InChI=1S/C27H34N2O5/c1-6-17(2)24(25(32)29(15-23(30)31)27(3,4)5)28-26(33)34-16-22-20-13-9-7-11-18(20)19-12-8-10-14-21(19)22/h7-14,17,22,24H,6,15-16H2,1-5H3,(H,28,33)(H,30,31)/t17?,24-/m0/s1. The molecule has 2 atom stereocenters. The minimum atomic E-state index is -1.10. The molecular formula is C27H34N2O5. The molecule has 0 spiro atoms.